The molecule has 1 aliphatic rings. The van der Waals surface area contributed by atoms with Gasteiger partial charge in [0.1, 0.15) is 0 Å². The summed E-state index contributed by atoms with van der Waals surface area (Å²) in [6.07, 6.45) is 3.89. The van der Waals surface area contributed by atoms with Gasteiger partial charge < -0.3 is 10.1 Å². The van der Waals surface area contributed by atoms with Crippen molar-refractivity contribution in [3.8, 4) is 0 Å². The summed E-state index contributed by atoms with van der Waals surface area (Å²) in [6, 6.07) is 10.0. The first-order chi connectivity index (χ1) is 10.3. The fraction of sp³-hybridized carbons (Fsp3) is 0.667. The lowest BCUT2D eigenvalue weighted by molar-refractivity contribution is 0.140. The Morgan fingerprint density at radius 3 is 2.67 bits per heavy atom. The monoisotopic (exact) mass is 290 g/mol. The predicted octanol–water partition coefficient (Wildman–Crippen LogP) is 3.15. The van der Waals surface area contributed by atoms with E-state index in [0.29, 0.717) is 6.04 Å². The minimum Gasteiger partial charge on any atom is -0.383 e. The number of hydrogen-bond donors (Lipinski definition) is 1. The van der Waals surface area contributed by atoms with Crippen molar-refractivity contribution in [2.75, 3.05) is 33.4 Å². The average Bonchev–Trinajstić information content (AvgIpc) is 3.31. The second-order valence-corrected chi connectivity index (χ2v) is 6.02. The van der Waals surface area contributed by atoms with Gasteiger partial charge in [0.15, 0.2) is 0 Å². The van der Waals surface area contributed by atoms with E-state index in [0.717, 1.165) is 32.3 Å². The highest BCUT2D eigenvalue weighted by Gasteiger charge is 2.29. The minimum absolute atomic E-state index is 0.458. The maximum Gasteiger partial charge on any atom is 0.0589 e. The first-order valence-electron chi connectivity index (χ1n) is 8.28. The van der Waals surface area contributed by atoms with Crippen molar-refractivity contribution >= 4 is 0 Å². The Morgan fingerprint density at radius 1 is 1.29 bits per heavy atom. The van der Waals surface area contributed by atoms with Gasteiger partial charge >= 0.3 is 0 Å². The van der Waals surface area contributed by atoms with Crippen LogP contribution in [0.2, 0.25) is 0 Å². The van der Waals surface area contributed by atoms with Crippen LogP contribution < -0.4 is 5.32 Å². The zero-order chi connectivity index (χ0) is 15.1. The molecule has 1 N–H and O–H groups in total. The topological polar surface area (TPSA) is 24.5 Å². The number of aryl methyl sites for hydroxylation is 1. The van der Waals surface area contributed by atoms with E-state index in [1.165, 1.54) is 30.4 Å². The molecule has 0 spiro atoms. The summed E-state index contributed by atoms with van der Waals surface area (Å²) in [4.78, 5) is 2.60. The molecule has 1 aliphatic carbocycles. The van der Waals surface area contributed by atoms with Gasteiger partial charge in [-0.15, -0.1) is 0 Å². The van der Waals surface area contributed by atoms with E-state index in [4.69, 9.17) is 4.74 Å². The number of benzene rings is 1. The average molecular weight is 290 g/mol. The third-order valence-corrected chi connectivity index (χ3v) is 4.37. The molecule has 0 saturated heterocycles. The molecule has 1 aromatic rings. The second kappa shape index (κ2) is 8.52. The summed E-state index contributed by atoms with van der Waals surface area (Å²) >= 11 is 0. The number of hydrogen-bond acceptors (Lipinski definition) is 3. The van der Waals surface area contributed by atoms with Gasteiger partial charge in [0.25, 0.3) is 0 Å². The molecule has 0 aromatic heterocycles. The van der Waals surface area contributed by atoms with Crippen molar-refractivity contribution in [3.63, 3.8) is 0 Å². The van der Waals surface area contributed by atoms with Crippen LogP contribution in [-0.2, 0) is 4.74 Å². The Labute approximate surface area is 129 Å². The molecule has 1 atom stereocenters. The highest BCUT2D eigenvalue weighted by Crippen LogP contribution is 2.28. The summed E-state index contributed by atoms with van der Waals surface area (Å²) in [5.74, 6) is 0. The molecule has 118 valence electrons. The lowest BCUT2D eigenvalue weighted by Gasteiger charge is -2.26. The van der Waals surface area contributed by atoms with Crippen LogP contribution in [0.4, 0.5) is 0 Å². The molecule has 2 rings (SSSR count). The molecule has 0 heterocycles. The van der Waals surface area contributed by atoms with Crippen LogP contribution in [0.25, 0.3) is 0 Å². The van der Waals surface area contributed by atoms with E-state index in [-0.39, 0.29) is 0 Å². The molecule has 3 nitrogen and oxygen atoms in total. The minimum atomic E-state index is 0.458. The first-order valence-corrected chi connectivity index (χ1v) is 8.28. The fourth-order valence-corrected chi connectivity index (χ4v) is 3.01. The predicted molar refractivity (Wildman–Crippen MR) is 88.7 cm³/mol. The zero-order valence-corrected chi connectivity index (χ0v) is 13.8. The lowest BCUT2D eigenvalue weighted by Crippen LogP contribution is -2.33. The van der Waals surface area contributed by atoms with Gasteiger partial charge in [-0.3, -0.25) is 4.90 Å². The molecular weight excluding hydrogens is 260 g/mol. The molecule has 1 aromatic carbocycles. The van der Waals surface area contributed by atoms with Crippen molar-refractivity contribution in [1.29, 1.82) is 0 Å². The van der Waals surface area contributed by atoms with Crippen molar-refractivity contribution < 1.29 is 4.74 Å². The van der Waals surface area contributed by atoms with Gasteiger partial charge in [-0.25, -0.2) is 0 Å². The van der Waals surface area contributed by atoms with Crippen LogP contribution in [0.5, 0.6) is 0 Å². The summed E-state index contributed by atoms with van der Waals surface area (Å²) in [5, 5.41) is 3.65. The van der Waals surface area contributed by atoms with Crippen LogP contribution >= 0.6 is 0 Å². The van der Waals surface area contributed by atoms with Crippen molar-refractivity contribution in [1.82, 2.24) is 10.2 Å². The van der Waals surface area contributed by atoms with E-state index in [1.807, 2.05) is 0 Å². The number of nitrogens with zero attached hydrogens (tertiary/aromatic N) is 1. The second-order valence-electron chi connectivity index (χ2n) is 6.02. The number of rotatable bonds is 10. The Balaban J connectivity index is 1.94. The first kappa shape index (κ1) is 16.5. The van der Waals surface area contributed by atoms with Gasteiger partial charge in [0.05, 0.1) is 6.61 Å². The van der Waals surface area contributed by atoms with Gasteiger partial charge in [0.2, 0.25) is 0 Å². The Bertz CT molecular complexity index is 417. The highest BCUT2D eigenvalue weighted by molar-refractivity contribution is 5.28. The molecule has 0 amide bonds. The molecule has 0 bridgehead atoms. The van der Waals surface area contributed by atoms with Crippen molar-refractivity contribution in [2.45, 2.75) is 45.2 Å². The largest absolute Gasteiger partial charge is 0.383 e. The zero-order valence-electron chi connectivity index (χ0n) is 13.8. The maximum atomic E-state index is 5.25. The summed E-state index contributed by atoms with van der Waals surface area (Å²) in [5.41, 5.74) is 2.83. The molecule has 1 saturated carbocycles. The lowest BCUT2D eigenvalue weighted by atomic mass is 9.98. The van der Waals surface area contributed by atoms with E-state index in [1.54, 1.807) is 7.11 Å². The molecule has 0 radical (unpaired) electrons. The molecule has 1 fully saturated rings. The van der Waals surface area contributed by atoms with E-state index in [9.17, 15) is 0 Å². The fourth-order valence-electron chi connectivity index (χ4n) is 3.01. The standard InChI is InChI=1S/C18H30N2O/c1-4-19-18(17-8-6-5-7-15(17)2)11-12-20(13-14-21-3)16-9-10-16/h5-8,16,18-19H,4,9-14H2,1-3H3. The van der Waals surface area contributed by atoms with Gasteiger partial charge in [-0.05, 0) is 43.9 Å². The van der Waals surface area contributed by atoms with Gasteiger partial charge in [-0.2, -0.15) is 0 Å². The van der Waals surface area contributed by atoms with Crippen LogP contribution in [0.1, 0.15) is 43.4 Å². The van der Waals surface area contributed by atoms with Crippen LogP contribution in [0, 0.1) is 6.92 Å². The number of nitrogens with one attached hydrogen (secondary N) is 1. The van der Waals surface area contributed by atoms with Crippen LogP contribution in [0.3, 0.4) is 0 Å². The van der Waals surface area contributed by atoms with Crippen LogP contribution in [-0.4, -0.2) is 44.3 Å². The summed E-state index contributed by atoms with van der Waals surface area (Å²) in [6.45, 7) is 8.47. The number of ether oxygens (including phenoxy) is 1. The van der Waals surface area contributed by atoms with E-state index in [2.05, 4.69) is 48.3 Å². The number of methoxy groups -OCH3 is 1. The molecule has 21 heavy (non-hydrogen) atoms. The highest BCUT2D eigenvalue weighted by atomic mass is 16.5. The third-order valence-electron chi connectivity index (χ3n) is 4.37. The van der Waals surface area contributed by atoms with Crippen molar-refractivity contribution in [2.24, 2.45) is 0 Å². The SMILES string of the molecule is CCNC(CCN(CCOC)C1CC1)c1ccccc1C. The van der Waals surface area contributed by atoms with Crippen LogP contribution in [0.15, 0.2) is 24.3 Å². The molecule has 3 heteroatoms. The Kier molecular flexibility index (Phi) is 6.68. The Hall–Kier alpha value is -0.900. The normalized spacial score (nSPS) is 16.4. The maximum absolute atomic E-state index is 5.25. The third kappa shape index (κ3) is 5.10. The quantitative estimate of drug-likeness (QED) is 0.716. The van der Waals surface area contributed by atoms with Gasteiger partial charge in [-0.1, -0.05) is 31.2 Å². The smallest absolute Gasteiger partial charge is 0.0589 e. The van der Waals surface area contributed by atoms with Gasteiger partial charge in [0, 0.05) is 32.3 Å². The molecule has 1 unspecified atom stereocenters. The van der Waals surface area contributed by atoms with Crippen molar-refractivity contribution in [3.05, 3.63) is 35.4 Å². The molecular formula is C18H30N2O. The van der Waals surface area contributed by atoms with E-state index < -0.39 is 0 Å². The van der Waals surface area contributed by atoms with E-state index >= 15 is 0 Å². The Morgan fingerprint density at radius 2 is 2.05 bits per heavy atom. The summed E-state index contributed by atoms with van der Waals surface area (Å²) < 4.78 is 5.25. The summed E-state index contributed by atoms with van der Waals surface area (Å²) in [7, 11) is 1.79. The molecule has 0 aliphatic heterocycles.